The van der Waals surface area contributed by atoms with E-state index in [0.717, 1.165) is 24.0 Å². The second-order valence-electron chi connectivity index (χ2n) is 6.34. The lowest BCUT2D eigenvalue weighted by Gasteiger charge is -2.16. The summed E-state index contributed by atoms with van der Waals surface area (Å²) in [6.07, 6.45) is 1.82. The zero-order chi connectivity index (χ0) is 18.4. The van der Waals surface area contributed by atoms with Gasteiger partial charge in [-0.05, 0) is 29.5 Å². The molecule has 0 saturated heterocycles. The highest BCUT2D eigenvalue weighted by molar-refractivity contribution is 5.78. The molecule has 2 amide bonds. The summed E-state index contributed by atoms with van der Waals surface area (Å²) in [4.78, 5) is 24.0. The van der Waals surface area contributed by atoms with Crippen LogP contribution in [-0.4, -0.2) is 24.6 Å². The Morgan fingerprint density at radius 3 is 2.65 bits per heavy atom. The molecule has 0 heterocycles. The van der Waals surface area contributed by atoms with Crippen LogP contribution in [0.15, 0.2) is 54.6 Å². The van der Waals surface area contributed by atoms with E-state index in [0.29, 0.717) is 0 Å². The number of hydrogen-bond acceptors (Lipinski definition) is 4. The molecule has 1 aliphatic rings. The predicted molar refractivity (Wildman–Crippen MR) is 98.3 cm³/mol. The third kappa shape index (κ3) is 4.61. The average molecular weight is 353 g/mol. The zero-order valence-corrected chi connectivity index (χ0v) is 14.5. The molecule has 1 aliphatic carbocycles. The van der Waals surface area contributed by atoms with Crippen LogP contribution in [0.5, 0.6) is 0 Å². The van der Waals surface area contributed by atoms with Crippen molar-refractivity contribution in [3.63, 3.8) is 0 Å². The number of ether oxygens (including phenoxy) is 1. The summed E-state index contributed by atoms with van der Waals surface area (Å²) in [6.45, 7) is 0.187. The molecule has 0 spiro atoms. The lowest BCUT2D eigenvalue weighted by molar-refractivity contribution is -0.146. The Hall–Kier alpha value is -2.86. The topological polar surface area (TPSA) is 93.5 Å². The van der Waals surface area contributed by atoms with Crippen LogP contribution in [0, 0.1) is 0 Å². The van der Waals surface area contributed by atoms with E-state index in [1.165, 1.54) is 5.56 Å². The van der Waals surface area contributed by atoms with Crippen LogP contribution < -0.4 is 16.4 Å². The molecule has 1 unspecified atom stereocenters. The van der Waals surface area contributed by atoms with Gasteiger partial charge in [0.05, 0.1) is 6.04 Å². The van der Waals surface area contributed by atoms with Gasteiger partial charge in [-0.1, -0.05) is 54.6 Å². The van der Waals surface area contributed by atoms with Gasteiger partial charge in [-0.2, -0.15) is 0 Å². The Morgan fingerprint density at radius 2 is 1.85 bits per heavy atom. The molecule has 3 rings (SSSR count). The molecule has 4 N–H and O–H groups in total. The number of rotatable bonds is 6. The Balaban J connectivity index is 1.40. The van der Waals surface area contributed by atoms with Gasteiger partial charge < -0.3 is 21.1 Å². The molecule has 0 fully saturated rings. The number of amides is 2. The van der Waals surface area contributed by atoms with Crippen LogP contribution in [0.1, 0.15) is 29.2 Å². The first kappa shape index (κ1) is 17.9. The van der Waals surface area contributed by atoms with E-state index >= 15 is 0 Å². The highest BCUT2D eigenvalue weighted by Crippen LogP contribution is 2.30. The molecular formula is C20H23N3O3. The number of aryl methyl sites for hydroxylation is 1. The molecule has 0 bridgehead atoms. The van der Waals surface area contributed by atoms with Crippen molar-refractivity contribution in [2.45, 2.75) is 31.5 Å². The molecule has 2 aromatic rings. The van der Waals surface area contributed by atoms with E-state index in [1.54, 1.807) is 0 Å². The fourth-order valence-electron chi connectivity index (χ4n) is 3.04. The summed E-state index contributed by atoms with van der Waals surface area (Å²) < 4.78 is 5.17. The first-order valence-electron chi connectivity index (χ1n) is 8.72. The quantitative estimate of drug-likeness (QED) is 0.693. The van der Waals surface area contributed by atoms with Crippen LogP contribution in [0.2, 0.25) is 0 Å². The Bertz CT molecular complexity index is 764. The maximum Gasteiger partial charge on any atom is 0.325 e. The highest BCUT2D eigenvalue weighted by Gasteiger charge is 2.24. The largest absolute Gasteiger partial charge is 0.460 e. The van der Waals surface area contributed by atoms with Crippen molar-refractivity contribution in [1.82, 2.24) is 10.6 Å². The molecule has 0 aromatic heterocycles. The van der Waals surface area contributed by atoms with Crippen LogP contribution in [-0.2, 0) is 22.6 Å². The van der Waals surface area contributed by atoms with Crippen molar-refractivity contribution in [2.24, 2.45) is 5.73 Å². The molecule has 26 heavy (non-hydrogen) atoms. The maximum absolute atomic E-state index is 12.1. The number of hydrogen-bond donors (Lipinski definition) is 3. The Kier molecular flexibility index (Phi) is 5.86. The van der Waals surface area contributed by atoms with Crippen molar-refractivity contribution >= 4 is 12.0 Å². The molecule has 0 aliphatic heterocycles. The summed E-state index contributed by atoms with van der Waals surface area (Å²) in [5, 5.41) is 5.57. The molecule has 0 radical (unpaired) electrons. The lowest BCUT2D eigenvalue weighted by Crippen LogP contribution is -2.47. The zero-order valence-electron chi connectivity index (χ0n) is 14.5. The van der Waals surface area contributed by atoms with Gasteiger partial charge in [0.2, 0.25) is 0 Å². The summed E-state index contributed by atoms with van der Waals surface area (Å²) in [6, 6.07) is 16.2. The van der Waals surface area contributed by atoms with Gasteiger partial charge in [0, 0.05) is 6.54 Å². The van der Waals surface area contributed by atoms with E-state index in [9.17, 15) is 9.59 Å². The third-order valence-electron chi connectivity index (χ3n) is 4.45. The summed E-state index contributed by atoms with van der Waals surface area (Å²) >= 11 is 0. The molecule has 2 atom stereocenters. The number of nitrogens with one attached hydrogen (secondary N) is 2. The fourth-order valence-corrected chi connectivity index (χ4v) is 3.04. The second-order valence-corrected chi connectivity index (χ2v) is 6.34. The van der Waals surface area contributed by atoms with E-state index in [-0.39, 0.29) is 25.2 Å². The normalized spacial score (nSPS) is 16.4. The van der Waals surface area contributed by atoms with Crippen molar-refractivity contribution in [2.75, 3.05) is 6.54 Å². The minimum atomic E-state index is -0.902. The van der Waals surface area contributed by atoms with Crippen molar-refractivity contribution in [1.29, 1.82) is 0 Å². The number of benzene rings is 2. The molecule has 6 nitrogen and oxygen atoms in total. The SMILES string of the molecule is NC(CNC(=O)N[C@@H]1CCc2ccccc21)C(=O)OCc1ccccc1. The smallest absolute Gasteiger partial charge is 0.325 e. The number of carbonyl (C=O) groups is 2. The number of urea groups is 1. The highest BCUT2D eigenvalue weighted by atomic mass is 16.5. The minimum Gasteiger partial charge on any atom is -0.460 e. The van der Waals surface area contributed by atoms with Gasteiger partial charge in [-0.3, -0.25) is 4.79 Å². The monoisotopic (exact) mass is 353 g/mol. The second kappa shape index (κ2) is 8.49. The van der Waals surface area contributed by atoms with Gasteiger partial charge in [-0.15, -0.1) is 0 Å². The number of nitrogens with two attached hydrogens (primary N) is 1. The van der Waals surface area contributed by atoms with Crippen LogP contribution in [0.4, 0.5) is 4.79 Å². The first-order valence-corrected chi connectivity index (χ1v) is 8.72. The molecule has 6 heteroatoms. The Labute approximate surface area is 152 Å². The van der Waals surface area contributed by atoms with Crippen LogP contribution in [0.3, 0.4) is 0 Å². The Morgan fingerprint density at radius 1 is 1.12 bits per heavy atom. The van der Waals surface area contributed by atoms with Crippen molar-refractivity contribution in [3.05, 3.63) is 71.3 Å². The average Bonchev–Trinajstić information content (AvgIpc) is 3.08. The maximum atomic E-state index is 12.1. The van der Waals surface area contributed by atoms with E-state index in [2.05, 4.69) is 16.7 Å². The van der Waals surface area contributed by atoms with Crippen LogP contribution >= 0.6 is 0 Å². The molecule has 0 saturated carbocycles. The van der Waals surface area contributed by atoms with Crippen molar-refractivity contribution < 1.29 is 14.3 Å². The fraction of sp³-hybridized carbons (Fsp3) is 0.300. The number of fused-ring (bicyclic) bond motifs is 1. The molecular weight excluding hydrogens is 330 g/mol. The van der Waals surface area contributed by atoms with Gasteiger partial charge >= 0.3 is 12.0 Å². The van der Waals surface area contributed by atoms with E-state index in [4.69, 9.17) is 10.5 Å². The third-order valence-corrected chi connectivity index (χ3v) is 4.45. The van der Waals surface area contributed by atoms with Gasteiger partial charge in [0.1, 0.15) is 12.6 Å². The summed E-state index contributed by atoms with van der Waals surface area (Å²) in [5.41, 5.74) is 9.10. The number of esters is 1. The number of carbonyl (C=O) groups excluding carboxylic acids is 2. The molecule has 136 valence electrons. The minimum absolute atomic E-state index is 0.00698. The van der Waals surface area contributed by atoms with Crippen LogP contribution in [0.25, 0.3) is 0 Å². The standard InChI is InChI=1S/C20H23N3O3/c21-17(19(24)26-13-14-6-2-1-3-7-14)12-22-20(25)23-18-11-10-15-8-4-5-9-16(15)18/h1-9,17-18H,10-13,21H2,(H2,22,23,25)/t17?,18-/m1/s1. The van der Waals surface area contributed by atoms with E-state index < -0.39 is 12.0 Å². The predicted octanol–water partition coefficient (Wildman–Crippen LogP) is 2.04. The summed E-state index contributed by atoms with van der Waals surface area (Å²) in [7, 11) is 0. The van der Waals surface area contributed by atoms with Gasteiger partial charge in [0.15, 0.2) is 0 Å². The lowest BCUT2D eigenvalue weighted by atomic mass is 10.1. The first-order chi connectivity index (χ1) is 12.6. The van der Waals surface area contributed by atoms with Crippen molar-refractivity contribution in [3.8, 4) is 0 Å². The summed E-state index contributed by atoms with van der Waals surface area (Å²) in [5.74, 6) is -0.541. The van der Waals surface area contributed by atoms with Gasteiger partial charge in [0.25, 0.3) is 0 Å². The van der Waals surface area contributed by atoms with E-state index in [1.807, 2.05) is 48.5 Å². The molecule has 2 aromatic carbocycles. The van der Waals surface area contributed by atoms with Gasteiger partial charge in [-0.25, -0.2) is 4.79 Å².